The summed E-state index contributed by atoms with van der Waals surface area (Å²) in [7, 11) is 0. The molecule has 4 heteroatoms. The molecule has 0 aliphatic carbocycles. The maximum Gasteiger partial charge on any atom is 0.123 e. The molecule has 2 N–H and O–H groups in total. The highest BCUT2D eigenvalue weighted by atomic mass is 35.5. The van der Waals surface area contributed by atoms with Crippen LogP contribution >= 0.6 is 12.4 Å². The van der Waals surface area contributed by atoms with Crippen molar-refractivity contribution in [3.8, 4) is 11.5 Å². The number of ether oxygens (including phenoxy) is 2. The van der Waals surface area contributed by atoms with E-state index in [1.54, 1.807) is 0 Å². The van der Waals surface area contributed by atoms with Crippen molar-refractivity contribution in [2.24, 2.45) is 5.73 Å². The normalized spacial score (nSPS) is 9.53. The van der Waals surface area contributed by atoms with Crippen LogP contribution in [0.1, 0.15) is 5.56 Å². The molecule has 0 atom stereocenters. The van der Waals surface area contributed by atoms with E-state index >= 15 is 0 Å². The van der Waals surface area contributed by atoms with Crippen LogP contribution in [0.15, 0.2) is 54.6 Å². The van der Waals surface area contributed by atoms with Gasteiger partial charge in [0.25, 0.3) is 0 Å². The van der Waals surface area contributed by atoms with Crippen molar-refractivity contribution in [2.45, 2.75) is 6.61 Å². The van der Waals surface area contributed by atoms with Crippen LogP contribution in [0.4, 0.5) is 0 Å². The summed E-state index contributed by atoms with van der Waals surface area (Å²) in [6.07, 6.45) is 0. The zero-order chi connectivity index (χ0) is 12.6. The van der Waals surface area contributed by atoms with E-state index in [4.69, 9.17) is 15.2 Å². The molecule has 0 spiro atoms. The van der Waals surface area contributed by atoms with Gasteiger partial charge in [0.15, 0.2) is 0 Å². The van der Waals surface area contributed by atoms with E-state index in [2.05, 4.69) is 0 Å². The van der Waals surface area contributed by atoms with Gasteiger partial charge in [-0.3, -0.25) is 0 Å². The van der Waals surface area contributed by atoms with E-state index in [1.165, 1.54) is 0 Å². The van der Waals surface area contributed by atoms with Crippen LogP contribution in [0.2, 0.25) is 0 Å². The SMILES string of the molecule is Cl.NCCOc1cccc(OCc2ccccc2)c1. The van der Waals surface area contributed by atoms with Crippen molar-refractivity contribution in [3.05, 3.63) is 60.2 Å². The minimum atomic E-state index is 0. The fourth-order valence-electron chi connectivity index (χ4n) is 1.57. The zero-order valence-corrected chi connectivity index (χ0v) is 11.4. The van der Waals surface area contributed by atoms with Gasteiger partial charge in [-0.05, 0) is 17.7 Å². The second-order valence-corrected chi connectivity index (χ2v) is 3.89. The molecule has 0 bridgehead atoms. The fourth-order valence-corrected chi connectivity index (χ4v) is 1.57. The topological polar surface area (TPSA) is 44.5 Å². The number of hydrogen-bond acceptors (Lipinski definition) is 3. The molecular formula is C15H18ClNO2. The van der Waals surface area contributed by atoms with Gasteiger partial charge < -0.3 is 15.2 Å². The lowest BCUT2D eigenvalue weighted by molar-refractivity contribution is 0.297. The van der Waals surface area contributed by atoms with Crippen LogP contribution in [-0.4, -0.2) is 13.2 Å². The summed E-state index contributed by atoms with van der Waals surface area (Å²) in [5, 5.41) is 0. The quantitative estimate of drug-likeness (QED) is 0.884. The Balaban J connectivity index is 0.00000180. The summed E-state index contributed by atoms with van der Waals surface area (Å²) in [5.41, 5.74) is 6.54. The van der Waals surface area contributed by atoms with Gasteiger partial charge >= 0.3 is 0 Å². The first kappa shape index (κ1) is 15.3. The molecule has 0 aliphatic heterocycles. The Bertz CT molecular complexity index is 477. The standard InChI is InChI=1S/C15H17NO2.ClH/c16-9-10-17-14-7-4-8-15(11-14)18-12-13-5-2-1-3-6-13;/h1-8,11H,9-10,12,16H2;1H. The lowest BCUT2D eigenvalue weighted by Crippen LogP contribution is -2.10. The summed E-state index contributed by atoms with van der Waals surface area (Å²) in [4.78, 5) is 0. The average Bonchev–Trinajstić information content (AvgIpc) is 2.44. The Morgan fingerprint density at radius 2 is 1.53 bits per heavy atom. The third kappa shape index (κ3) is 5.20. The minimum absolute atomic E-state index is 0. The largest absolute Gasteiger partial charge is 0.492 e. The first-order chi connectivity index (χ1) is 8.88. The lowest BCUT2D eigenvalue weighted by atomic mass is 10.2. The van der Waals surface area contributed by atoms with Crippen LogP contribution in [0, 0.1) is 0 Å². The van der Waals surface area contributed by atoms with Crippen LogP contribution < -0.4 is 15.2 Å². The molecule has 0 saturated heterocycles. The molecule has 0 radical (unpaired) electrons. The van der Waals surface area contributed by atoms with Gasteiger partial charge in [0.2, 0.25) is 0 Å². The molecule has 3 nitrogen and oxygen atoms in total. The second-order valence-electron chi connectivity index (χ2n) is 3.89. The third-order valence-electron chi connectivity index (χ3n) is 2.44. The van der Waals surface area contributed by atoms with Crippen LogP contribution in [0.5, 0.6) is 11.5 Å². The van der Waals surface area contributed by atoms with E-state index < -0.39 is 0 Å². The third-order valence-corrected chi connectivity index (χ3v) is 2.44. The number of halogens is 1. The fraction of sp³-hybridized carbons (Fsp3) is 0.200. The summed E-state index contributed by atoms with van der Waals surface area (Å²) < 4.78 is 11.1. The van der Waals surface area contributed by atoms with Gasteiger partial charge in [0.1, 0.15) is 24.7 Å². The predicted octanol–water partition coefficient (Wildman–Crippen LogP) is 3.02. The molecule has 102 valence electrons. The van der Waals surface area contributed by atoms with E-state index in [0.717, 1.165) is 17.1 Å². The van der Waals surface area contributed by atoms with Crippen LogP contribution in [-0.2, 0) is 6.61 Å². The molecule has 0 saturated carbocycles. The van der Waals surface area contributed by atoms with Crippen molar-refractivity contribution in [1.82, 2.24) is 0 Å². The van der Waals surface area contributed by atoms with E-state index in [-0.39, 0.29) is 12.4 Å². The van der Waals surface area contributed by atoms with Gasteiger partial charge in [-0.2, -0.15) is 0 Å². The van der Waals surface area contributed by atoms with Crippen molar-refractivity contribution < 1.29 is 9.47 Å². The highest BCUT2D eigenvalue weighted by Gasteiger charge is 1.98. The molecule has 0 aromatic heterocycles. The van der Waals surface area contributed by atoms with Crippen LogP contribution in [0.3, 0.4) is 0 Å². The summed E-state index contributed by atoms with van der Waals surface area (Å²) >= 11 is 0. The summed E-state index contributed by atoms with van der Waals surface area (Å²) in [6, 6.07) is 17.7. The van der Waals surface area contributed by atoms with Crippen molar-refractivity contribution in [2.75, 3.05) is 13.2 Å². The van der Waals surface area contributed by atoms with Gasteiger partial charge in [-0.25, -0.2) is 0 Å². The molecule has 2 rings (SSSR count). The highest BCUT2D eigenvalue weighted by molar-refractivity contribution is 5.85. The Hall–Kier alpha value is -1.71. The van der Waals surface area contributed by atoms with Gasteiger partial charge in [-0.15, -0.1) is 12.4 Å². The molecule has 0 fully saturated rings. The van der Waals surface area contributed by atoms with Gasteiger partial charge in [0.05, 0.1) is 0 Å². The monoisotopic (exact) mass is 279 g/mol. The molecule has 2 aromatic carbocycles. The number of nitrogens with two attached hydrogens (primary N) is 1. The van der Waals surface area contributed by atoms with E-state index in [9.17, 15) is 0 Å². The Kier molecular flexibility index (Phi) is 6.79. The second kappa shape index (κ2) is 8.40. The molecule has 0 unspecified atom stereocenters. The van der Waals surface area contributed by atoms with Crippen molar-refractivity contribution >= 4 is 12.4 Å². The van der Waals surface area contributed by atoms with Crippen molar-refractivity contribution in [1.29, 1.82) is 0 Å². The number of hydrogen-bond donors (Lipinski definition) is 1. The first-order valence-electron chi connectivity index (χ1n) is 5.98. The maximum absolute atomic E-state index is 5.70. The smallest absolute Gasteiger partial charge is 0.123 e. The Morgan fingerprint density at radius 3 is 2.21 bits per heavy atom. The Labute approximate surface area is 119 Å². The molecule has 0 amide bonds. The molecule has 0 aliphatic rings. The first-order valence-corrected chi connectivity index (χ1v) is 5.98. The number of rotatable bonds is 6. The molecule has 2 aromatic rings. The minimum Gasteiger partial charge on any atom is -0.492 e. The summed E-state index contributed by atoms with van der Waals surface area (Å²) in [5.74, 6) is 1.58. The molecule has 19 heavy (non-hydrogen) atoms. The highest BCUT2D eigenvalue weighted by Crippen LogP contribution is 2.20. The molecule has 0 heterocycles. The maximum atomic E-state index is 5.70. The zero-order valence-electron chi connectivity index (χ0n) is 10.6. The summed E-state index contributed by atoms with van der Waals surface area (Å²) in [6.45, 7) is 1.58. The molecular weight excluding hydrogens is 262 g/mol. The van der Waals surface area contributed by atoms with Gasteiger partial charge in [0, 0.05) is 12.6 Å². The average molecular weight is 280 g/mol. The Morgan fingerprint density at radius 1 is 0.842 bits per heavy atom. The van der Waals surface area contributed by atoms with Crippen molar-refractivity contribution in [3.63, 3.8) is 0 Å². The van der Waals surface area contributed by atoms with Gasteiger partial charge in [-0.1, -0.05) is 36.4 Å². The number of benzene rings is 2. The lowest BCUT2D eigenvalue weighted by Gasteiger charge is -2.09. The van der Waals surface area contributed by atoms with E-state index in [1.807, 2.05) is 54.6 Å². The van der Waals surface area contributed by atoms with Crippen LogP contribution in [0.25, 0.3) is 0 Å². The van der Waals surface area contributed by atoms with E-state index in [0.29, 0.717) is 19.8 Å². The predicted molar refractivity (Wildman–Crippen MR) is 79.0 cm³/mol.